The van der Waals surface area contributed by atoms with Crippen LogP contribution in [0.3, 0.4) is 0 Å². The monoisotopic (exact) mass is 417 g/mol. The van der Waals surface area contributed by atoms with Crippen LogP contribution in [0.5, 0.6) is 5.75 Å². The van der Waals surface area contributed by atoms with Gasteiger partial charge in [-0.25, -0.2) is 0 Å². The number of rotatable bonds is 8. The Morgan fingerprint density at radius 2 is 2.13 bits per heavy atom. The van der Waals surface area contributed by atoms with Gasteiger partial charge in [0.1, 0.15) is 12.4 Å². The molecule has 0 unspecified atom stereocenters. The topological polar surface area (TPSA) is 106 Å². The van der Waals surface area contributed by atoms with Crippen LogP contribution in [0.2, 0.25) is 0 Å². The van der Waals surface area contributed by atoms with Gasteiger partial charge >= 0.3 is 5.97 Å². The summed E-state index contributed by atoms with van der Waals surface area (Å²) < 4.78 is 18.0. The number of non-ortho nitro benzene ring substituents is 1. The number of fused-ring (bicyclic) bond motifs is 1. The van der Waals surface area contributed by atoms with Gasteiger partial charge in [-0.05, 0) is 31.7 Å². The molecule has 0 fully saturated rings. The maximum atomic E-state index is 12.3. The van der Waals surface area contributed by atoms with Crippen molar-refractivity contribution >= 4 is 11.7 Å². The average Bonchev–Trinajstić information content (AvgIpc) is 2.96. The Hall–Kier alpha value is -2.94. The van der Waals surface area contributed by atoms with Crippen LogP contribution in [0.25, 0.3) is 0 Å². The molecule has 0 radical (unpaired) electrons. The van der Waals surface area contributed by atoms with E-state index in [-0.39, 0.29) is 38.1 Å². The molecule has 30 heavy (non-hydrogen) atoms. The van der Waals surface area contributed by atoms with Crippen molar-refractivity contribution in [2.75, 3.05) is 6.79 Å². The van der Waals surface area contributed by atoms with Crippen LogP contribution in [-0.4, -0.2) is 27.5 Å². The summed E-state index contributed by atoms with van der Waals surface area (Å²) in [5.74, 6) is 0.591. The first kappa shape index (κ1) is 21.8. The van der Waals surface area contributed by atoms with Gasteiger partial charge in [0.25, 0.3) is 5.69 Å². The van der Waals surface area contributed by atoms with E-state index in [9.17, 15) is 14.9 Å². The highest BCUT2D eigenvalue weighted by Gasteiger charge is 2.22. The van der Waals surface area contributed by atoms with Gasteiger partial charge in [-0.3, -0.25) is 19.6 Å². The minimum absolute atomic E-state index is 0.0602. The summed E-state index contributed by atoms with van der Waals surface area (Å²) in [6.45, 7) is 9.25. The van der Waals surface area contributed by atoms with Crippen LogP contribution in [0.4, 0.5) is 5.69 Å². The average molecular weight is 417 g/mol. The summed E-state index contributed by atoms with van der Waals surface area (Å²) in [5.41, 5.74) is 3.99. The van der Waals surface area contributed by atoms with Gasteiger partial charge in [0.15, 0.2) is 6.79 Å². The molecule has 9 nitrogen and oxygen atoms in total. The van der Waals surface area contributed by atoms with Crippen molar-refractivity contribution in [2.24, 2.45) is 5.92 Å². The van der Waals surface area contributed by atoms with Crippen LogP contribution >= 0.6 is 0 Å². The summed E-state index contributed by atoms with van der Waals surface area (Å²) in [6.07, 6.45) is 0.738. The highest BCUT2D eigenvalue weighted by molar-refractivity contribution is 5.70. The predicted molar refractivity (Wildman–Crippen MR) is 108 cm³/mol. The SMILES string of the molecule is Cc1nn(CC(C)C)c(C)c1CCC(=O)OCc1cc([N+](=O)[O-])cc2c1OCOC2. The van der Waals surface area contributed by atoms with Crippen molar-refractivity contribution in [3.05, 3.63) is 50.3 Å². The summed E-state index contributed by atoms with van der Waals surface area (Å²) >= 11 is 0. The molecule has 0 bridgehead atoms. The zero-order valence-electron chi connectivity index (χ0n) is 17.8. The van der Waals surface area contributed by atoms with E-state index in [4.69, 9.17) is 14.2 Å². The van der Waals surface area contributed by atoms with E-state index in [0.29, 0.717) is 29.2 Å². The van der Waals surface area contributed by atoms with Gasteiger partial charge in [-0.2, -0.15) is 5.10 Å². The van der Waals surface area contributed by atoms with Crippen molar-refractivity contribution in [3.8, 4) is 5.75 Å². The zero-order valence-corrected chi connectivity index (χ0v) is 17.8. The van der Waals surface area contributed by atoms with Crippen LogP contribution in [-0.2, 0) is 40.4 Å². The fraction of sp³-hybridized carbons (Fsp3) is 0.524. The molecule has 1 aromatic carbocycles. The van der Waals surface area contributed by atoms with Crippen molar-refractivity contribution in [3.63, 3.8) is 0 Å². The molecule has 0 spiro atoms. The molecule has 0 saturated heterocycles. The number of carbonyl (C=O) groups is 1. The van der Waals surface area contributed by atoms with Gasteiger partial charge in [0.2, 0.25) is 0 Å². The molecule has 0 amide bonds. The Balaban J connectivity index is 1.64. The van der Waals surface area contributed by atoms with E-state index in [0.717, 1.165) is 23.5 Å². The summed E-state index contributed by atoms with van der Waals surface area (Å²) in [4.78, 5) is 23.0. The molecule has 2 aromatic rings. The third kappa shape index (κ3) is 4.96. The van der Waals surface area contributed by atoms with E-state index in [1.165, 1.54) is 12.1 Å². The molecule has 1 aliphatic rings. The number of esters is 1. The van der Waals surface area contributed by atoms with Gasteiger partial charge in [0.05, 0.1) is 17.2 Å². The Kier molecular flexibility index (Phi) is 6.71. The third-order valence-electron chi connectivity index (χ3n) is 5.02. The maximum Gasteiger partial charge on any atom is 0.306 e. The van der Waals surface area contributed by atoms with Crippen molar-refractivity contribution < 1.29 is 23.9 Å². The number of carbonyl (C=O) groups excluding carboxylic acids is 1. The molecular weight excluding hydrogens is 390 g/mol. The van der Waals surface area contributed by atoms with Crippen molar-refractivity contribution in [2.45, 2.75) is 60.3 Å². The molecule has 0 N–H and O–H groups in total. The standard InChI is InChI=1S/C21H27N3O6/c1-13(2)9-23-15(4)19(14(3)22-23)5-6-20(25)29-11-17-8-18(24(26)27)7-16-10-28-12-30-21(16)17/h7-8,13H,5-6,9-12H2,1-4H3. The molecule has 1 aliphatic heterocycles. The van der Waals surface area contributed by atoms with Crippen LogP contribution in [0.15, 0.2) is 12.1 Å². The lowest BCUT2D eigenvalue weighted by Gasteiger charge is -2.20. The second kappa shape index (κ2) is 9.25. The number of benzene rings is 1. The smallest absolute Gasteiger partial charge is 0.306 e. The number of aryl methyl sites for hydroxylation is 1. The van der Waals surface area contributed by atoms with E-state index in [1.807, 2.05) is 18.5 Å². The van der Waals surface area contributed by atoms with Crippen LogP contribution in [0, 0.1) is 29.9 Å². The minimum atomic E-state index is -0.486. The highest BCUT2D eigenvalue weighted by Crippen LogP contribution is 2.33. The first-order valence-electron chi connectivity index (χ1n) is 9.95. The highest BCUT2D eigenvalue weighted by atomic mass is 16.7. The molecule has 2 heterocycles. The molecule has 9 heteroatoms. The fourth-order valence-corrected chi connectivity index (χ4v) is 3.57. The number of nitro groups is 1. The number of hydrogen-bond acceptors (Lipinski definition) is 7. The lowest BCUT2D eigenvalue weighted by Crippen LogP contribution is -2.15. The van der Waals surface area contributed by atoms with Gasteiger partial charge in [-0.1, -0.05) is 13.8 Å². The molecular formula is C21H27N3O6. The molecule has 3 rings (SSSR count). The molecule has 0 aliphatic carbocycles. The van der Waals surface area contributed by atoms with E-state index in [1.54, 1.807) is 0 Å². The molecule has 0 atom stereocenters. The minimum Gasteiger partial charge on any atom is -0.467 e. The lowest BCUT2D eigenvalue weighted by molar-refractivity contribution is -0.385. The van der Waals surface area contributed by atoms with Crippen LogP contribution in [0.1, 0.15) is 48.3 Å². The van der Waals surface area contributed by atoms with Gasteiger partial charge < -0.3 is 14.2 Å². The first-order chi connectivity index (χ1) is 14.3. The lowest BCUT2D eigenvalue weighted by atomic mass is 10.1. The van der Waals surface area contributed by atoms with Crippen molar-refractivity contribution in [1.29, 1.82) is 0 Å². The number of nitro benzene ring substituents is 1. The second-order valence-electron chi connectivity index (χ2n) is 7.85. The summed E-state index contributed by atoms with van der Waals surface area (Å²) in [7, 11) is 0. The third-order valence-corrected chi connectivity index (χ3v) is 5.02. The predicted octanol–water partition coefficient (Wildman–Crippen LogP) is 3.61. The zero-order chi connectivity index (χ0) is 21.8. The number of hydrogen-bond donors (Lipinski definition) is 0. The van der Waals surface area contributed by atoms with E-state index < -0.39 is 4.92 Å². The normalized spacial score (nSPS) is 13.1. The van der Waals surface area contributed by atoms with Crippen molar-refractivity contribution in [1.82, 2.24) is 9.78 Å². The Morgan fingerprint density at radius 3 is 2.83 bits per heavy atom. The molecule has 162 valence electrons. The fourth-order valence-electron chi connectivity index (χ4n) is 3.57. The van der Waals surface area contributed by atoms with E-state index >= 15 is 0 Å². The second-order valence-corrected chi connectivity index (χ2v) is 7.85. The Bertz CT molecular complexity index is 951. The first-order valence-corrected chi connectivity index (χ1v) is 9.95. The van der Waals surface area contributed by atoms with E-state index in [2.05, 4.69) is 18.9 Å². The summed E-state index contributed by atoms with van der Waals surface area (Å²) in [5, 5.41) is 15.7. The number of nitrogens with zero attached hydrogens (tertiary/aromatic N) is 3. The quantitative estimate of drug-likeness (QED) is 0.367. The maximum absolute atomic E-state index is 12.3. The number of aromatic nitrogens is 2. The van der Waals surface area contributed by atoms with Gasteiger partial charge in [0, 0.05) is 41.9 Å². The largest absolute Gasteiger partial charge is 0.467 e. The Morgan fingerprint density at radius 1 is 1.37 bits per heavy atom. The number of ether oxygens (including phenoxy) is 3. The molecule has 0 saturated carbocycles. The van der Waals surface area contributed by atoms with Gasteiger partial charge in [-0.15, -0.1) is 0 Å². The summed E-state index contributed by atoms with van der Waals surface area (Å²) in [6, 6.07) is 2.79. The Labute approximate surface area is 175 Å². The van der Waals surface area contributed by atoms with Crippen LogP contribution < -0.4 is 4.74 Å². The molecule has 1 aromatic heterocycles.